The molecule has 18 heteroatoms. The summed E-state index contributed by atoms with van der Waals surface area (Å²) in [4.78, 5) is 29.2. The van der Waals surface area contributed by atoms with Crippen molar-refractivity contribution in [3.63, 3.8) is 0 Å². The molecule has 3 aliphatic rings. The molecule has 3 saturated heterocycles. The molecule has 0 aromatic carbocycles. The minimum Gasteiger partial charge on any atom is -0.394 e. The molecule has 3 aliphatic heterocycles. The fourth-order valence-corrected chi connectivity index (χ4v) is 6.38. The van der Waals surface area contributed by atoms with Crippen molar-refractivity contribution in [3.8, 4) is 6.07 Å². The van der Waals surface area contributed by atoms with Crippen molar-refractivity contribution < 1.29 is 54.8 Å². The Balaban J connectivity index is 1.44. The molecule has 0 aliphatic carbocycles. The molecule has 18 nitrogen and oxygen atoms in total. The highest BCUT2D eigenvalue weighted by Crippen LogP contribution is 2.41. The van der Waals surface area contributed by atoms with Gasteiger partial charge in [-0.25, -0.2) is 15.0 Å². The number of ether oxygens (including phenoxy) is 3. The molecule has 0 bridgehead atoms. The Morgan fingerprint density at radius 3 is 2.53 bits per heavy atom. The van der Waals surface area contributed by atoms with E-state index in [4.69, 9.17) is 19.5 Å². The molecule has 1 unspecified atom stereocenters. The molecule has 0 saturated carbocycles. The van der Waals surface area contributed by atoms with E-state index in [0.717, 1.165) is 0 Å². The highest BCUT2D eigenvalue weighted by Gasteiger charge is 2.59. The number of hydrogen-bond acceptors (Lipinski definition) is 16. The second-order valence-corrected chi connectivity index (χ2v) is 11.7. The number of rotatable bonds is 9. The number of aromatic nitrogens is 4. The topological polar surface area (TPSA) is 260 Å². The van der Waals surface area contributed by atoms with Crippen molar-refractivity contribution in [2.24, 2.45) is 5.92 Å². The lowest BCUT2D eigenvalue weighted by molar-refractivity contribution is -0.318. The monoisotopic (exact) mass is 637 g/mol. The number of hydrogen-bond donors (Lipinski definition) is 7. The van der Waals surface area contributed by atoms with Crippen LogP contribution in [0.25, 0.3) is 11.2 Å². The molecule has 2 aromatic heterocycles. The average Bonchev–Trinajstić information content (AvgIpc) is 3.60. The Morgan fingerprint density at radius 2 is 1.87 bits per heavy atom. The smallest absolute Gasteiger partial charge is 0.236 e. The predicted octanol–water partition coefficient (Wildman–Crippen LogP) is -4.00. The molecule has 3 fully saturated rings. The number of fused-ring (bicyclic) bond motifs is 1. The van der Waals surface area contributed by atoms with Crippen LogP contribution in [-0.4, -0.2) is 161 Å². The van der Waals surface area contributed by atoms with Crippen LogP contribution < -0.4 is 4.90 Å². The van der Waals surface area contributed by atoms with Crippen LogP contribution in [0.3, 0.4) is 0 Å². The maximum absolute atomic E-state index is 12.5. The molecule has 0 spiro atoms. The van der Waals surface area contributed by atoms with Crippen molar-refractivity contribution in [1.29, 1.82) is 5.26 Å². The number of nitriles is 1. The van der Waals surface area contributed by atoms with E-state index in [9.17, 15) is 40.5 Å². The fraction of sp³-hybridized carbons (Fsp3) is 0.741. The molecule has 5 heterocycles. The van der Waals surface area contributed by atoms with Gasteiger partial charge in [0.15, 0.2) is 29.0 Å². The van der Waals surface area contributed by atoms with Crippen molar-refractivity contribution >= 4 is 22.9 Å². The molecule has 5 rings (SSSR count). The molecule has 45 heavy (non-hydrogen) atoms. The van der Waals surface area contributed by atoms with Gasteiger partial charge in [0.2, 0.25) is 5.91 Å². The van der Waals surface area contributed by atoms with Gasteiger partial charge in [-0.15, -0.1) is 0 Å². The van der Waals surface area contributed by atoms with Crippen molar-refractivity contribution in [2.45, 2.75) is 80.5 Å². The minimum absolute atomic E-state index is 0.155. The first-order valence-electron chi connectivity index (χ1n) is 14.6. The number of amides is 1. The second kappa shape index (κ2) is 13.3. The number of likely N-dealkylation sites (tertiary alicyclic amines) is 1. The highest BCUT2D eigenvalue weighted by molar-refractivity contribution is 5.84. The number of imidazole rings is 1. The molecule has 7 N–H and O–H groups in total. The Morgan fingerprint density at radius 1 is 1.13 bits per heavy atom. The molecule has 1 amide bonds. The molecule has 2 aromatic rings. The first-order chi connectivity index (χ1) is 21.5. The number of aliphatic hydroxyl groups excluding tert-OH is 7. The third-order valence-corrected chi connectivity index (χ3v) is 9.10. The number of likely N-dealkylation sites (N-methyl/N-ethyl adjacent to an activating group) is 1. The van der Waals surface area contributed by atoms with Crippen LogP contribution in [0.15, 0.2) is 12.7 Å². The fourth-order valence-electron chi connectivity index (χ4n) is 6.38. The van der Waals surface area contributed by atoms with Gasteiger partial charge in [0, 0.05) is 20.1 Å². The summed E-state index contributed by atoms with van der Waals surface area (Å²) in [5.41, 5.74) is -1.55. The van der Waals surface area contributed by atoms with E-state index in [1.54, 1.807) is 11.9 Å². The van der Waals surface area contributed by atoms with E-state index in [1.165, 1.54) is 17.2 Å². The zero-order chi connectivity index (χ0) is 32.6. The van der Waals surface area contributed by atoms with Crippen LogP contribution in [0.2, 0.25) is 0 Å². The Hall–Kier alpha value is -3.09. The number of piperidine rings is 1. The first kappa shape index (κ1) is 33.3. The number of carbonyl (C=O) groups is 1. The van der Waals surface area contributed by atoms with Crippen molar-refractivity contribution in [3.05, 3.63) is 12.7 Å². The molecule has 11 atom stereocenters. The van der Waals surface area contributed by atoms with Gasteiger partial charge >= 0.3 is 0 Å². The largest absolute Gasteiger partial charge is 0.394 e. The maximum Gasteiger partial charge on any atom is 0.236 e. The number of aliphatic hydroxyl groups is 7. The zero-order valence-corrected chi connectivity index (χ0v) is 24.8. The average molecular weight is 638 g/mol. The summed E-state index contributed by atoms with van der Waals surface area (Å²) < 4.78 is 18.5. The SMILES string of the molecule is C[C@@H]1CCN(C(=O)CC#N)C[C@@H]1N(C)c1ncnc2c1ncn2C1(CO)O[C@H](CO)[C@@H](O[C@@H]2O[C@H](CO)[C@H](O)[C@H](O)[C@H]2O)[C@@H]1O. The van der Waals surface area contributed by atoms with Crippen molar-refractivity contribution in [2.75, 3.05) is 44.9 Å². The van der Waals surface area contributed by atoms with Crippen LogP contribution in [-0.2, 0) is 24.7 Å². The molecular formula is C27H39N7O11. The summed E-state index contributed by atoms with van der Waals surface area (Å²) in [5.74, 6) is 0.303. The number of carbonyl (C=O) groups excluding carboxylic acids is 1. The summed E-state index contributed by atoms with van der Waals surface area (Å²) in [6.45, 7) is 0.712. The van der Waals surface area contributed by atoms with Gasteiger partial charge < -0.3 is 59.8 Å². The Labute approximate surface area is 257 Å². The molecule has 248 valence electrons. The van der Waals surface area contributed by atoms with Gasteiger partial charge in [0.05, 0.1) is 38.3 Å². The summed E-state index contributed by atoms with van der Waals surface area (Å²) >= 11 is 0. The Bertz CT molecular complexity index is 1390. The van der Waals surface area contributed by atoms with Gasteiger partial charge in [-0.2, -0.15) is 5.26 Å². The van der Waals surface area contributed by atoms with Crippen molar-refractivity contribution in [1.82, 2.24) is 24.4 Å². The lowest BCUT2D eigenvalue weighted by Crippen LogP contribution is -2.60. The summed E-state index contributed by atoms with van der Waals surface area (Å²) in [5, 5.41) is 81.6. The normalized spacial score (nSPS) is 37.1. The summed E-state index contributed by atoms with van der Waals surface area (Å²) in [7, 11) is 1.80. The van der Waals surface area contributed by atoms with Crippen LogP contribution >= 0.6 is 0 Å². The van der Waals surface area contributed by atoms with E-state index in [1.807, 2.05) is 11.0 Å². The van der Waals surface area contributed by atoms with E-state index in [0.29, 0.717) is 25.3 Å². The highest BCUT2D eigenvalue weighted by atomic mass is 16.7. The Kier molecular flexibility index (Phi) is 9.86. The maximum atomic E-state index is 12.5. The zero-order valence-electron chi connectivity index (χ0n) is 24.8. The summed E-state index contributed by atoms with van der Waals surface area (Å²) in [6.07, 6.45) is -9.48. The molecule has 0 radical (unpaired) electrons. The lowest BCUT2D eigenvalue weighted by Gasteiger charge is -2.42. The number of nitrogens with zero attached hydrogens (tertiary/aromatic N) is 7. The van der Waals surface area contributed by atoms with E-state index in [2.05, 4.69) is 21.9 Å². The van der Waals surface area contributed by atoms with Crippen LogP contribution in [0, 0.1) is 17.2 Å². The third-order valence-electron chi connectivity index (χ3n) is 9.10. The van der Waals surface area contributed by atoms with Gasteiger partial charge in [0.1, 0.15) is 55.5 Å². The quantitative estimate of drug-likeness (QED) is 0.138. The van der Waals surface area contributed by atoms with E-state index in [-0.39, 0.29) is 35.5 Å². The first-order valence-corrected chi connectivity index (χ1v) is 14.6. The third kappa shape index (κ3) is 5.74. The van der Waals surface area contributed by atoms with Gasteiger partial charge in [-0.3, -0.25) is 9.36 Å². The van der Waals surface area contributed by atoms with Gasteiger partial charge in [-0.05, 0) is 12.3 Å². The van der Waals surface area contributed by atoms with Gasteiger partial charge in [0.25, 0.3) is 0 Å². The van der Waals surface area contributed by atoms with Crippen LogP contribution in [0.4, 0.5) is 5.82 Å². The predicted molar refractivity (Wildman–Crippen MR) is 150 cm³/mol. The summed E-state index contributed by atoms with van der Waals surface area (Å²) in [6, 6.07) is 1.71. The van der Waals surface area contributed by atoms with E-state index < -0.39 is 74.6 Å². The lowest BCUT2D eigenvalue weighted by atomic mass is 9.92. The number of anilines is 1. The second-order valence-electron chi connectivity index (χ2n) is 11.7. The van der Waals surface area contributed by atoms with Crippen LogP contribution in [0.5, 0.6) is 0 Å². The van der Waals surface area contributed by atoms with Crippen LogP contribution in [0.1, 0.15) is 19.8 Å². The van der Waals surface area contributed by atoms with E-state index >= 15 is 0 Å². The standard InChI is InChI=1S/C27H39N7O11/c1-13-4-6-33(17(38)3-5-28)7-14(13)32(2)24-18-25(30-11-29-24)34(12-31-18)27(10-37)23(42)22(16(9-36)45-27)44-26-21(41)20(40)19(39)15(8-35)43-26/h11-16,19-23,26,35-37,39-42H,3-4,6-10H2,1-2H3/t13-,14+,15-,16-,19+,20+,21-,22-,23+,26+,27?/m1/s1. The molecular weight excluding hydrogens is 598 g/mol. The minimum atomic E-state index is -2.00. The van der Waals surface area contributed by atoms with Gasteiger partial charge in [-0.1, -0.05) is 6.92 Å².